The smallest absolute Gasteiger partial charge is 0.249 e. The van der Waals surface area contributed by atoms with Crippen LogP contribution in [0.25, 0.3) is 0 Å². The molecule has 6 heteroatoms. The van der Waals surface area contributed by atoms with Gasteiger partial charge in [0.25, 0.3) is 0 Å². The summed E-state index contributed by atoms with van der Waals surface area (Å²) in [4.78, 5) is 25.4. The molecule has 0 aliphatic carbocycles. The van der Waals surface area contributed by atoms with Crippen molar-refractivity contribution in [2.24, 2.45) is 0 Å². The quantitative estimate of drug-likeness (QED) is 0.822. The molecule has 2 amide bonds. The van der Waals surface area contributed by atoms with E-state index in [2.05, 4.69) is 29.4 Å². The molecule has 25 heavy (non-hydrogen) atoms. The molecule has 1 unspecified atom stereocenters. The van der Waals surface area contributed by atoms with Gasteiger partial charge in [-0.15, -0.1) is 0 Å². The van der Waals surface area contributed by atoms with Crippen LogP contribution in [0.4, 0.5) is 10.1 Å². The number of amides is 2. The van der Waals surface area contributed by atoms with E-state index in [1.807, 2.05) is 12.1 Å². The van der Waals surface area contributed by atoms with Crippen molar-refractivity contribution in [1.29, 1.82) is 0 Å². The van der Waals surface area contributed by atoms with Gasteiger partial charge in [0, 0.05) is 18.2 Å². The van der Waals surface area contributed by atoms with Crippen molar-refractivity contribution in [2.45, 2.75) is 57.5 Å². The largest absolute Gasteiger partial charge is 0.374 e. The van der Waals surface area contributed by atoms with E-state index in [-0.39, 0.29) is 23.5 Å². The van der Waals surface area contributed by atoms with E-state index in [1.54, 1.807) is 0 Å². The third-order valence-corrected chi connectivity index (χ3v) is 5.28. The molecule has 2 saturated heterocycles. The number of nitrogens with zero attached hydrogens (tertiary/aromatic N) is 1. The molecule has 2 N–H and O–H groups in total. The second kappa shape index (κ2) is 7.52. The molecule has 1 aromatic rings. The van der Waals surface area contributed by atoms with Gasteiger partial charge >= 0.3 is 0 Å². The fourth-order valence-corrected chi connectivity index (χ4v) is 3.71. The summed E-state index contributed by atoms with van der Waals surface area (Å²) >= 11 is 0. The van der Waals surface area contributed by atoms with Gasteiger partial charge in [0.15, 0.2) is 0 Å². The molecule has 0 radical (unpaired) electrons. The first kappa shape index (κ1) is 17.9. The highest BCUT2D eigenvalue weighted by Crippen LogP contribution is 2.31. The standard InChI is InChI=1S/C19H26FN3O2/c1-12(2)23-9-7-13(8-10-23)15-4-3-14(11-16(15)20)21-17-5-6-18(24)22-19(17)25/h3-4,11-13,17,21H,5-10H2,1-2H3,(H,22,24,25). The molecule has 3 rings (SSSR count). The predicted molar refractivity (Wildman–Crippen MR) is 94.9 cm³/mol. The van der Waals surface area contributed by atoms with E-state index in [0.29, 0.717) is 24.6 Å². The van der Waals surface area contributed by atoms with E-state index in [0.717, 1.165) is 31.5 Å². The number of carbonyl (C=O) groups excluding carboxylic acids is 2. The lowest BCUT2D eigenvalue weighted by Gasteiger charge is -2.35. The van der Waals surface area contributed by atoms with Gasteiger partial charge in [0.1, 0.15) is 11.9 Å². The molecule has 2 heterocycles. The molecule has 2 fully saturated rings. The Labute approximate surface area is 148 Å². The first-order chi connectivity index (χ1) is 11.9. The van der Waals surface area contributed by atoms with Crippen LogP contribution < -0.4 is 10.6 Å². The number of carbonyl (C=O) groups is 2. The van der Waals surface area contributed by atoms with Crippen LogP contribution in [0.1, 0.15) is 51.0 Å². The summed E-state index contributed by atoms with van der Waals surface area (Å²) in [5.41, 5.74) is 1.34. The highest BCUT2D eigenvalue weighted by molar-refractivity contribution is 6.01. The number of halogens is 1. The fraction of sp³-hybridized carbons (Fsp3) is 0.579. The molecule has 2 aliphatic rings. The van der Waals surface area contributed by atoms with Crippen molar-refractivity contribution in [2.75, 3.05) is 18.4 Å². The topological polar surface area (TPSA) is 61.4 Å². The molecule has 0 bridgehead atoms. The van der Waals surface area contributed by atoms with Gasteiger partial charge in [-0.25, -0.2) is 4.39 Å². The van der Waals surface area contributed by atoms with E-state index in [4.69, 9.17) is 0 Å². The summed E-state index contributed by atoms with van der Waals surface area (Å²) in [7, 11) is 0. The van der Waals surface area contributed by atoms with Crippen LogP contribution in [-0.2, 0) is 9.59 Å². The maximum Gasteiger partial charge on any atom is 0.249 e. The van der Waals surface area contributed by atoms with Crippen molar-refractivity contribution in [1.82, 2.24) is 10.2 Å². The van der Waals surface area contributed by atoms with Gasteiger partial charge in [0.2, 0.25) is 11.8 Å². The molecule has 1 atom stereocenters. The molecule has 2 aliphatic heterocycles. The molecule has 0 spiro atoms. The van der Waals surface area contributed by atoms with Gasteiger partial charge in [-0.3, -0.25) is 14.9 Å². The second-order valence-electron chi connectivity index (χ2n) is 7.29. The maximum absolute atomic E-state index is 14.6. The third kappa shape index (κ3) is 4.18. The lowest BCUT2D eigenvalue weighted by molar-refractivity contribution is -0.133. The van der Waals surface area contributed by atoms with Crippen LogP contribution in [-0.4, -0.2) is 41.9 Å². The Morgan fingerprint density at radius 2 is 1.92 bits per heavy atom. The lowest BCUT2D eigenvalue weighted by atomic mass is 9.88. The summed E-state index contributed by atoms with van der Waals surface area (Å²) in [6.45, 7) is 6.38. The Morgan fingerprint density at radius 1 is 1.20 bits per heavy atom. The summed E-state index contributed by atoms with van der Waals surface area (Å²) in [5, 5.41) is 5.33. The first-order valence-electron chi connectivity index (χ1n) is 9.07. The van der Waals surface area contributed by atoms with Crippen molar-refractivity contribution in [3.63, 3.8) is 0 Å². The number of imide groups is 1. The van der Waals surface area contributed by atoms with Crippen LogP contribution in [0.3, 0.4) is 0 Å². The summed E-state index contributed by atoms with van der Waals surface area (Å²) in [6.07, 6.45) is 2.67. The lowest BCUT2D eigenvalue weighted by Crippen LogP contribution is -2.47. The van der Waals surface area contributed by atoms with Crippen molar-refractivity contribution in [3.8, 4) is 0 Å². The molecule has 136 valence electrons. The van der Waals surface area contributed by atoms with Crippen molar-refractivity contribution >= 4 is 17.5 Å². The monoisotopic (exact) mass is 347 g/mol. The fourth-order valence-electron chi connectivity index (χ4n) is 3.71. The molecular formula is C19H26FN3O2. The van der Waals surface area contributed by atoms with Gasteiger partial charge in [-0.05, 0) is 69.8 Å². The number of piperidine rings is 2. The average molecular weight is 347 g/mol. The summed E-state index contributed by atoms with van der Waals surface area (Å²) in [6, 6.07) is 5.17. The Kier molecular flexibility index (Phi) is 5.37. The number of hydrogen-bond acceptors (Lipinski definition) is 4. The Balaban J connectivity index is 1.63. The van der Waals surface area contributed by atoms with Crippen molar-refractivity contribution < 1.29 is 14.0 Å². The van der Waals surface area contributed by atoms with Crippen molar-refractivity contribution in [3.05, 3.63) is 29.6 Å². The van der Waals surface area contributed by atoms with Crippen LogP contribution in [0.5, 0.6) is 0 Å². The minimum Gasteiger partial charge on any atom is -0.374 e. The minimum atomic E-state index is -0.489. The number of benzene rings is 1. The summed E-state index contributed by atoms with van der Waals surface area (Å²) in [5.74, 6) is -0.570. The summed E-state index contributed by atoms with van der Waals surface area (Å²) < 4.78 is 14.6. The van der Waals surface area contributed by atoms with E-state index in [1.165, 1.54) is 6.07 Å². The molecule has 5 nitrogen and oxygen atoms in total. The molecule has 0 aromatic heterocycles. The third-order valence-electron chi connectivity index (χ3n) is 5.28. The molecule has 0 saturated carbocycles. The van der Waals surface area contributed by atoms with Gasteiger partial charge < -0.3 is 10.2 Å². The number of hydrogen-bond donors (Lipinski definition) is 2. The zero-order valence-electron chi connectivity index (χ0n) is 14.8. The van der Waals surface area contributed by atoms with E-state index < -0.39 is 6.04 Å². The predicted octanol–water partition coefficient (Wildman–Crippen LogP) is 2.63. The van der Waals surface area contributed by atoms with Gasteiger partial charge in [0.05, 0.1) is 0 Å². The Morgan fingerprint density at radius 3 is 2.52 bits per heavy atom. The number of rotatable bonds is 4. The van der Waals surface area contributed by atoms with E-state index >= 15 is 0 Å². The Bertz CT molecular complexity index is 654. The number of nitrogens with one attached hydrogen (secondary N) is 2. The SMILES string of the molecule is CC(C)N1CCC(c2ccc(NC3CCC(=O)NC3=O)cc2F)CC1. The van der Waals surface area contributed by atoms with Crippen LogP contribution in [0.2, 0.25) is 0 Å². The number of anilines is 1. The van der Waals surface area contributed by atoms with Crippen LogP contribution >= 0.6 is 0 Å². The second-order valence-corrected chi connectivity index (χ2v) is 7.29. The highest BCUT2D eigenvalue weighted by atomic mass is 19.1. The minimum absolute atomic E-state index is 0.222. The van der Waals surface area contributed by atoms with Gasteiger partial charge in [-0.1, -0.05) is 6.07 Å². The first-order valence-corrected chi connectivity index (χ1v) is 9.07. The van der Waals surface area contributed by atoms with Crippen LogP contribution in [0, 0.1) is 5.82 Å². The van der Waals surface area contributed by atoms with Gasteiger partial charge in [-0.2, -0.15) is 0 Å². The zero-order valence-corrected chi connectivity index (χ0v) is 14.8. The highest BCUT2D eigenvalue weighted by Gasteiger charge is 2.27. The Hall–Kier alpha value is -1.95. The molecule has 1 aromatic carbocycles. The normalized spacial score (nSPS) is 23.0. The van der Waals surface area contributed by atoms with Crippen LogP contribution in [0.15, 0.2) is 18.2 Å². The number of likely N-dealkylation sites (tertiary alicyclic amines) is 1. The molecular weight excluding hydrogens is 321 g/mol. The van der Waals surface area contributed by atoms with E-state index in [9.17, 15) is 14.0 Å². The average Bonchev–Trinajstić information content (AvgIpc) is 2.58. The zero-order chi connectivity index (χ0) is 18.0. The maximum atomic E-state index is 14.6.